The van der Waals surface area contributed by atoms with E-state index < -0.39 is 28.9 Å². The molecule has 0 N–H and O–H groups in total. The Morgan fingerprint density at radius 3 is 2.32 bits per heavy atom. The zero-order valence-corrected chi connectivity index (χ0v) is 13.8. The second kappa shape index (κ2) is 6.95. The van der Waals surface area contributed by atoms with E-state index in [0.29, 0.717) is 4.90 Å². The maximum absolute atomic E-state index is 11.8. The van der Waals surface area contributed by atoms with Crippen molar-refractivity contribution in [3.8, 4) is 0 Å². The Bertz CT molecular complexity index is 489. The second-order valence-corrected chi connectivity index (χ2v) is 6.23. The van der Waals surface area contributed by atoms with E-state index in [2.05, 4.69) is 0 Å². The van der Waals surface area contributed by atoms with Gasteiger partial charge in [0.1, 0.15) is 5.60 Å². The van der Waals surface area contributed by atoms with Gasteiger partial charge >= 0.3 is 23.3 Å². The third kappa shape index (κ3) is 4.87. The molecule has 0 spiro atoms. The number of carbonyl (C=O) groups is 4. The summed E-state index contributed by atoms with van der Waals surface area (Å²) in [5.74, 6) is -1.76. The van der Waals surface area contributed by atoms with E-state index in [9.17, 15) is 19.2 Å². The Hall–Kier alpha value is -1.83. The van der Waals surface area contributed by atoms with Crippen molar-refractivity contribution in [1.29, 1.82) is 0 Å². The van der Waals surface area contributed by atoms with E-state index in [4.69, 9.17) is 16.3 Å². The third-order valence-electron chi connectivity index (χ3n) is 2.93. The van der Waals surface area contributed by atoms with Gasteiger partial charge in [0, 0.05) is 33.2 Å². The van der Waals surface area contributed by atoms with Crippen LogP contribution in [0.2, 0.25) is 0 Å². The molecule has 1 aliphatic rings. The number of nitrogens with zero attached hydrogens (tertiary/aromatic N) is 3. The lowest BCUT2D eigenvalue weighted by molar-refractivity contribution is -0.153. The molecule has 0 unspecified atom stereocenters. The lowest BCUT2D eigenvalue weighted by Crippen LogP contribution is -2.56. The molecule has 8 nitrogen and oxygen atoms in total. The van der Waals surface area contributed by atoms with Crippen LogP contribution in [0.15, 0.2) is 0 Å². The molecule has 1 aliphatic heterocycles. The van der Waals surface area contributed by atoms with Crippen LogP contribution >= 0.6 is 11.6 Å². The Labute approximate surface area is 133 Å². The molecule has 1 rings (SSSR count). The van der Waals surface area contributed by atoms with Crippen LogP contribution in [0.5, 0.6) is 0 Å². The van der Waals surface area contributed by atoms with Gasteiger partial charge in [-0.05, 0) is 32.4 Å². The van der Waals surface area contributed by atoms with Crippen LogP contribution in [-0.4, -0.2) is 76.8 Å². The smallest absolute Gasteiger partial charge is 0.410 e. The number of halogens is 1. The van der Waals surface area contributed by atoms with Crippen molar-refractivity contribution in [2.24, 2.45) is 0 Å². The number of amides is 4. The predicted octanol–water partition coefficient (Wildman–Crippen LogP) is 0.883. The first-order valence-corrected chi connectivity index (χ1v) is 7.15. The molecule has 1 saturated heterocycles. The first kappa shape index (κ1) is 18.2. The first-order chi connectivity index (χ1) is 10.0. The number of hydrogen-bond donors (Lipinski definition) is 0. The van der Waals surface area contributed by atoms with Crippen LogP contribution in [-0.2, 0) is 14.3 Å². The quantitative estimate of drug-likeness (QED) is 0.435. The van der Waals surface area contributed by atoms with E-state index in [1.54, 1.807) is 27.8 Å². The summed E-state index contributed by atoms with van der Waals surface area (Å²) >= 11 is 5.22. The SMILES string of the molecule is CN(CCN1CCN(C(=O)Cl)C(=O)C1=O)C(=O)OC(C)(C)C. The average Bonchev–Trinajstić information content (AvgIpc) is 2.37. The zero-order valence-electron chi connectivity index (χ0n) is 13.1. The Morgan fingerprint density at radius 2 is 1.82 bits per heavy atom. The van der Waals surface area contributed by atoms with Gasteiger partial charge in [0.25, 0.3) is 0 Å². The molecule has 1 fully saturated rings. The second-order valence-electron chi connectivity index (χ2n) is 5.90. The van der Waals surface area contributed by atoms with Gasteiger partial charge in [-0.15, -0.1) is 0 Å². The Morgan fingerprint density at radius 1 is 1.23 bits per heavy atom. The number of hydrogen-bond acceptors (Lipinski definition) is 5. The molecule has 0 aliphatic carbocycles. The summed E-state index contributed by atoms with van der Waals surface area (Å²) in [6, 6.07) is 0. The van der Waals surface area contributed by atoms with E-state index in [1.165, 1.54) is 9.80 Å². The number of likely N-dealkylation sites (N-methyl/N-ethyl adjacent to an activating group) is 1. The van der Waals surface area contributed by atoms with Crippen molar-refractivity contribution in [1.82, 2.24) is 14.7 Å². The molecular weight excluding hydrogens is 314 g/mol. The zero-order chi connectivity index (χ0) is 17.1. The third-order valence-corrected chi connectivity index (χ3v) is 3.14. The summed E-state index contributed by atoms with van der Waals surface area (Å²) in [6.07, 6.45) is -0.513. The molecule has 9 heteroatoms. The Kier molecular flexibility index (Phi) is 5.76. The van der Waals surface area contributed by atoms with E-state index in [1.807, 2.05) is 0 Å². The molecule has 4 amide bonds. The van der Waals surface area contributed by atoms with E-state index in [-0.39, 0.29) is 26.2 Å². The van der Waals surface area contributed by atoms with Gasteiger partial charge in [0.15, 0.2) is 0 Å². The fourth-order valence-electron chi connectivity index (χ4n) is 1.76. The molecule has 0 radical (unpaired) electrons. The number of rotatable bonds is 3. The molecule has 22 heavy (non-hydrogen) atoms. The summed E-state index contributed by atoms with van der Waals surface area (Å²) in [5.41, 5.74) is -0.608. The van der Waals surface area contributed by atoms with Crippen molar-refractivity contribution in [2.45, 2.75) is 26.4 Å². The van der Waals surface area contributed by atoms with Crippen LogP contribution in [0, 0.1) is 0 Å². The van der Waals surface area contributed by atoms with Gasteiger partial charge in [-0.3, -0.25) is 19.3 Å². The van der Waals surface area contributed by atoms with Crippen molar-refractivity contribution < 1.29 is 23.9 Å². The van der Waals surface area contributed by atoms with Gasteiger partial charge in [-0.1, -0.05) is 0 Å². The van der Waals surface area contributed by atoms with Gasteiger partial charge < -0.3 is 14.5 Å². The monoisotopic (exact) mass is 333 g/mol. The van der Waals surface area contributed by atoms with Gasteiger partial charge in [0.05, 0.1) is 0 Å². The highest BCUT2D eigenvalue weighted by Gasteiger charge is 2.35. The van der Waals surface area contributed by atoms with Crippen molar-refractivity contribution >= 4 is 34.9 Å². The highest BCUT2D eigenvalue weighted by atomic mass is 35.5. The Balaban J connectivity index is 2.52. The topological polar surface area (TPSA) is 87.2 Å². The fourth-order valence-corrected chi connectivity index (χ4v) is 1.92. The molecular formula is C13H20ClN3O5. The molecule has 124 valence electrons. The predicted molar refractivity (Wildman–Crippen MR) is 78.4 cm³/mol. The molecule has 0 aromatic carbocycles. The van der Waals surface area contributed by atoms with Gasteiger partial charge in [-0.2, -0.15) is 0 Å². The maximum Gasteiger partial charge on any atom is 0.410 e. The van der Waals surface area contributed by atoms with Gasteiger partial charge in [0.2, 0.25) is 0 Å². The van der Waals surface area contributed by atoms with Gasteiger partial charge in [-0.25, -0.2) is 4.79 Å². The largest absolute Gasteiger partial charge is 0.444 e. The number of piperazine rings is 1. The minimum absolute atomic E-state index is 0.0447. The lowest BCUT2D eigenvalue weighted by atomic mass is 10.2. The number of carbonyl (C=O) groups excluding carboxylic acids is 4. The van der Waals surface area contributed by atoms with Crippen LogP contribution in [0.4, 0.5) is 9.59 Å². The van der Waals surface area contributed by atoms with Crippen LogP contribution in [0.25, 0.3) is 0 Å². The summed E-state index contributed by atoms with van der Waals surface area (Å²) in [6.45, 7) is 5.87. The summed E-state index contributed by atoms with van der Waals surface area (Å²) in [4.78, 5) is 49.6. The van der Waals surface area contributed by atoms with Crippen LogP contribution < -0.4 is 0 Å². The lowest BCUT2D eigenvalue weighted by Gasteiger charge is -2.32. The number of imide groups is 1. The molecule has 0 aromatic heterocycles. The summed E-state index contributed by atoms with van der Waals surface area (Å²) in [7, 11) is 1.54. The molecule has 0 aromatic rings. The molecule has 0 saturated carbocycles. The minimum Gasteiger partial charge on any atom is -0.444 e. The normalized spacial score (nSPS) is 15.9. The van der Waals surface area contributed by atoms with Crippen molar-refractivity contribution in [2.75, 3.05) is 33.2 Å². The summed E-state index contributed by atoms with van der Waals surface area (Å²) in [5, 5.41) is -0.969. The first-order valence-electron chi connectivity index (χ1n) is 6.77. The standard InChI is InChI=1S/C13H20ClN3O5/c1-13(2,3)22-12(21)15(4)5-6-16-7-8-17(11(14)20)10(19)9(16)18/h5-8H2,1-4H3. The van der Waals surface area contributed by atoms with E-state index in [0.717, 1.165) is 0 Å². The molecule has 0 atom stereocenters. The van der Waals surface area contributed by atoms with Crippen molar-refractivity contribution in [3.63, 3.8) is 0 Å². The maximum atomic E-state index is 11.8. The van der Waals surface area contributed by atoms with Crippen LogP contribution in [0.3, 0.4) is 0 Å². The minimum atomic E-state index is -0.969. The average molecular weight is 334 g/mol. The molecule has 0 bridgehead atoms. The highest BCUT2D eigenvalue weighted by molar-refractivity contribution is 6.65. The fraction of sp³-hybridized carbons (Fsp3) is 0.692. The highest BCUT2D eigenvalue weighted by Crippen LogP contribution is 2.10. The van der Waals surface area contributed by atoms with E-state index >= 15 is 0 Å². The summed E-state index contributed by atoms with van der Waals surface area (Å²) < 4.78 is 5.18. The van der Waals surface area contributed by atoms with Crippen molar-refractivity contribution in [3.05, 3.63) is 0 Å². The molecule has 1 heterocycles. The number of ether oxygens (including phenoxy) is 1. The van der Waals surface area contributed by atoms with Crippen LogP contribution in [0.1, 0.15) is 20.8 Å².